The van der Waals surface area contributed by atoms with E-state index in [4.69, 9.17) is 0 Å². The summed E-state index contributed by atoms with van der Waals surface area (Å²) in [4.78, 5) is -0.864. The number of rotatable bonds is 4. The first-order chi connectivity index (χ1) is 13.7. The van der Waals surface area contributed by atoms with Crippen molar-refractivity contribution >= 4 is 41.8 Å². The molecule has 4 aromatic carbocycles. The molecular weight excluding hydrogens is 458 g/mol. The fraction of sp³-hybridized carbons (Fsp3) is 0.0476. The van der Waals surface area contributed by atoms with Crippen molar-refractivity contribution in [1.82, 2.24) is 0 Å². The van der Waals surface area contributed by atoms with Crippen LogP contribution in [0.25, 0.3) is 21.5 Å². The molecule has 0 aliphatic carbocycles. The third-order valence-electron chi connectivity index (χ3n) is 4.89. The van der Waals surface area contributed by atoms with E-state index in [1.165, 1.54) is 24.3 Å². The third-order valence-corrected chi connectivity index (χ3v) is 6.73. The third kappa shape index (κ3) is 5.42. The normalized spacial score (nSPS) is 11.7. The number of fused-ring (bicyclic) bond motifs is 2. The second kappa shape index (κ2) is 10.0. The summed E-state index contributed by atoms with van der Waals surface area (Å²) in [6.07, 6.45) is -0.198. The first kappa shape index (κ1) is 26.5. The van der Waals surface area contributed by atoms with Gasteiger partial charge in [-0.2, -0.15) is 0 Å². The van der Waals surface area contributed by atoms with Gasteiger partial charge in [0.1, 0.15) is 20.2 Å². The SMILES string of the molecule is O=S(=O)([O-])c1ccc2ccccc2c1Cc1c(S(=O)(=O)[O-])ccc2ccccc12.[Na+].[Na+]. The number of hydrogen-bond acceptors (Lipinski definition) is 6. The zero-order valence-electron chi connectivity index (χ0n) is 16.9. The molecule has 0 aromatic heterocycles. The molecule has 0 atom stereocenters. The summed E-state index contributed by atoms with van der Waals surface area (Å²) in [5, 5.41) is 2.40. The summed E-state index contributed by atoms with van der Waals surface area (Å²) in [7, 11) is -9.65. The van der Waals surface area contributed by atoms with E-state index in [1.54, 1.807) is 48.5 Å². The second-order valence-electron chi connectivity index (χ2n) is 6.61. The zero-order valence-corrected chi connectivity index (χ0v) is 22.5. The summed E-state index contributed by atoms with van der Waals surface area (Å²) < 4.78 is 71.4. The fourth-order valence-corrected chi connectivity index (χ4v) is 5.08. The van der Waals surface area contributed by atoms with Crippen molar-refractivity contribution in [3.63, 3.8) is 0 Å². The molecule has 0 amide bonds. The van der Waals surface area contributed by atoms with E-state index in [0.29, 0.717) is 21.5 Å². The smallest absolute Gasteiger partial charge is 0.744 e. The molecular formula is C21H14Na2O6S2. The largest absolute Gasteiger partial charge is 1.00 e. The predicted octanol–water partition coefficient (Wildman–Crippen LogP) is -2.60. The molecule has 0 aliphatic rings. The van der Waals surface area contributed by atoms with Gasteiger partial charge in [-0.15, -0.1) is 0 Å². The Balaban J connectivity index is 0.00000171. The van der Waals surface area contributed by atoms with Crippen LogP contribution in [-0.2, 0) is 26.7 Å². The van der Waals surface area contributed by atoms with Gasteiger partial charge in [0, 0.05) is 6.42 Å². The summed E-state index contributed by atoms with van der Waals surface area (Å²) in [5.41, 5.74) is 0.332. The van der Waals surface area contributed by atoms with Crippen molar-refractivity contribution < 1.29 is 85.1 Å². The van der Waals surface area contributed by atoms with Crippen LogP contribution in [0, 0.1) is 0 Å². The molecule has 0 N–H and O–H groups in total. The molecule has 0 saturated heterocycles. The molecule has 10 heteroatoms. The molecule has 6 nitrogen and oxygen atoms in total. The van der Waals surface area contributed by atoms with Crippen molar-refractivity contribution in [2.75, 3.05) is 0 Å². The molecule has 0 saturated carbocycles. The number of benzene rings is 4. The first-order valence-corrected chi connectivity index (χ1v) is 11.4. The van der Waals surface area contributed by atoms with E-state index < -0.39 is 30.0 Å². The Morgan fingerprint density at radius 1 is 0.548 bits per heavy atom. The van der Waals surface area contributed by atoms with Gasteiger partial charge in [0.25, 0.3) is 0 Å². The molecule has 0 radical (unpaired) electrons. The quantitative estimate of drug-likeness (QED) is 0.238. The van der Waals surface area contributed by atoms with Crippen LogP contribution in [-0.4, -0.2) is 25.9 Å². The average molecular weight is 472 g/mol. The van der Waals surface area contributed by atoms with Gasteiger partial charge in [0.2, 0.25) is 0 Å². The maximum Gasteiger partial charge on any atom is 1.00 e. The summed E-state index contributed by atoms with van der Waals surface area (Å²) >= 11 is 0. The van der Waals surface area contributed by atoms with E-state index in [-0.39, 0.29) is 76.7 Å². The maximum atomic E-state index is 11.9. The van der Waals surface area contributed by atoms with E-state index in [2.05, 4.69) is 0 Å². The topological polar surface area (TPSA) is 114 Å². The van der Waals surface area contributed by atoms with E-state index in [0.717, 1.165) is 0 Å². The van der Waals surface area contributed by atoms with Gasteiger partial charge in [-0.25, -0.2) is 16.8 Å². The van der Waals surface area contributed by atoms with Crippen LogP contribution in [0.15, 0.2) is 82.6 Å². The molecule has 0 spiro atoms. The minimum atomic E-state index is -4.82. The van der Waals surface area contributed by atoms with Crippen LogP contribution in [0.2, 0.25) is 0 Å². The van der Waals surface area contributed by atoms with Crippen molar-refractivity contribution in [2.45, 2.75) is 16.2 Å². The van der Waals surface area contributed by atoms with E-state index >= 15 is 0 Å². The summed E-state index contributed by atoms with van der Waals surface area (Å²) in [5.74, 6) is 0. The first-order valence-electron chi connectivity index (χ1n) is 8.59. The van der Waals surface area contributed by atoms with Crippen molar-refractivity contribution in [3.05, 3.63) is 83.9 Å². The van der Waals surface area contributed by atoms with Crippen LogP contribution in [0.5, 0.6) is 0 Å². The Morgan fingerprint density at radius 3 is 1.26 bits per heavy atom. The van der Waals surface area contributed by atoms with Crippen molar-refractivity contribution in [1.29, 1.82) is 0 Å². The van der Waals surface area contributed by atoms with Gasteiger partial charge in [-0.3, -0.25) is 0 Å². The molecule has 0 fully saturated rings. The van der Waals surface area contributed by atoms with Crippen LogP contribution >= 0.6 is 0 Å². The Hall–Kier alpha value is -0.780. The van der Waals surface area contributed by atoms with Gasteiger partial charge in [-0.05, 0) is 44.8 Å². The van der Waals surface area contributed by atoms with Crippen LogP contribution < -0.4 is 59.1 Å². The average Bonchev–Trinajstić information content (AvgIpc) is 2.66. The van der Waals surface area contributed by atoms with Crippen molar-refractivity contribution in [3.8, 4) is 0 Å². The van der Waals surface area contributed by atoms with Gasteiger partial charge < -0.3 is 9.11 Å². The van der Waals surface area contributed by atoms with Gasteiger partial charge in [0.15, 0.2) is 0 Å². The molecule has 148 valence electrons. The minimum absolute atomic E-state index is 0. The summed E-state index contributed by atoms with van der Waals surface area (Å²) in [6.45, 7) is 0. The summed E-state index contributed by atoms with van der Waals surface area (Å²) in [6, 6.07) is 19.3. The monoisotopic (exact) mass is 472 g/mol. The Labute approximate surface area is 224 Å². The Morgan fingerprint density at radius 2 is 0.903 bits per heavy atom. The van der Waals surface area contributed by atoms with E-state index in [1.807, 2.05) is 0 Å². The molecule has 0 aliphatic heterocycles. The zero-order chi connectivity index (χ0) is 20.8. The Kier molecular flexibility index (Phi) is 8.55. The molecule has 4 rings (SSSR count). The minimum Gasteiger partial charge on any atom is -0.744 e. The molecule has 31 heavy (non-hydrogen) atoms. The predicted molar refractivity (Wildman–Crippen MR) is 107 cm³/mol. The van der Waals surface area contributed by atoms with Crippen molar-refractivity contribution in [2.24, 2.45) is 0 Å². The maximum absolute atomic E-state index is 11.9. The van der Waals surface area contributed by atoms with Gasteiger partial charge >= 0.3 is 59.1 Å². The Bertz CT molecular complexity index is 1370. The standard InChI is InChI=1S/C21H16O6S2.2Na/c22-28(23,24)20-11-9-14-5-1-3-7-16(14)18(20)13-19-17-8-4-2-6-15(17)10-12-21(19)29(25,26)27;;/h1-12H,13H2,(H,22,23,24)(H,25,26,27);;/q;2*+1/p-2. The molecule has 0 heterocycles. The van der Waals surface area contributed by atoms with E-state index in [9.17, 15) is 25.9 Å². The number of hydrogen-bond donors (Lipinski definition) is 0. The van der Waals surface area contributed by atoms with Crippen LogP contribution in [0.1, 0.15) is 11.1 Å². The van der Waals surface area contributed by atoms with Crippen LogP contribution in [0.3, 0.4) is 0 Å². The molecule has 0 bridgehead atoms. The van der Waals surface area contributed by atoms with Gasteiger partial charge in [-0.1, -0.05) is 60.7 Å². The molecule has 0 unspecified atom stereocenters. The fourth-order valence-electron chi connectivity index (χ4n) is 3.64. The second-order valence-corrected chi connectivity index (χ2v) is 9.31. The van der Waals surface area contributed by atoms with Crippen LogP contribution in [0.4, 0.5) is 0 Å². The molecule has 4 aromatic rings. The van der Waals surface area contributed by atoms with Gasteiger partial charge in [0.05, 0.1) is 9.79 Å².